The standard InChI is InChI=1S/C54H36/c1-54(42-22-6-3-7-23-42)49-34-40(28-29-44(49)48-32-38-18-8-9-19-39(38)33-50(48)54)37-20-14-21-41(31-37)52-46-26-13-12-25-45(46)51(36-16-4-2-5-17-36)47-30-27-35-15-10-11-24-43(35)53(47)52/h2-34H,1H3. The molecule has 0 bridgehead atoms. The van der Waals surface area contributed by atoms with Gasteiger partial charge in [0.05, 0.1) is 0 Å². The number of benzene rings is 10. The summed E-state index contributed by atoms with van der Waals surface area (Å²) in [4.78, 5) is 0. The van der Waals surface area contributed by atoms with Crippen LogP contribution in [0.15, 0.2) is 200 Å². The minimum Gasteiger partial charge on any atom is -0.0622 e. The summed E-state index contributed by atoms with van der Waals surface area (Å²) in [6, 6.07) is 74.4. The lowest BCUT2D eigenvalue weighted by atomic mass is 9.73. The lowest BCUT2D eigenvalue weighted by Crippen LogP contribution is -2.22. The molecule has 0 nitrogen and oxygen atoms in total. The zero-order valence-corrected chi connectivity index (χ0v) is 30.1. The van der Waals surface area contributed by atoms with Crippen LogP contribution in [0.2, 0.25) is 0 Å². The van der Waals surface area contributed by atoms with Gasteiger partial charge in [-0.15, -0.1) is 0 Å². The fourth-order valence-corrected chi connectivity index (χ4v) is 9.49. The summed E-state index contributed by atoms with van der Waals surface area (Å²) in [5.74, 6) is 0. The second-order valence-electron chi connectivity index (χ2n) is 14.9. The second-order valence-corrected chi connectivity index (χ2v) is 14.9. The van der Waals surface area contributed by atoms with Gasteiger partial charge in [-0.25, -0.2) is 0 Å². The van der Waals surface area contributed by atoms with Crippen LogP contribution in [0.3, 0.4) is 0 Å². The largest absolute Gasteiger partial charge is 0.0622 e. The van der Waals surface area contributed by atoms with Crippen molar-refractivity contribution < 1.29 is 0 Å². The van der Waals surface area contributed by atoms with E-state index in [0.29, 0.717) is 0 Å². The highest BCUT2D eigenvalue weighted by Crippen LogP contribution is 2.54. The molecular formula is C54H36. The van der Waals surface area contributed by atoms with E-state index in [-0.39, 0.29) is 5.41 Å². The van der Waals surface area contributed by atoms with Gasteiger partial charge < -0.3 is 0 Å². The van der Waals surface area contributed by atoms with Crippen molar-refractivity contribution in [3.63, 3.8) is 0 Å². The maximum atomic E-state index is 2.47. The molecule has 10 aromatic rings. The van der Waals surface area contributed by atoms with Gasteiger partial charge in [0, 0.05) is 5.41 Å². The van der Waals surface area contributed by atoms with Crippen LogP contribution in [0.4, 0.5) is 0 Å². The van der Waals surface area contributed by atoms with E-state index in [1.165, 1.54) is 104 Å². The normalized spacial score (nSPS) is 14.8. The van der Waals surface area contributed by atoms with Crippen molar-refractivity contribution in [2.75, 3.05) is 0 Å². The molecule has 252 valence electrons. The van der Waals surface area contributed by atoms with Gasteiger partial charge in [0.2, 0.25) is 0 Å². The maximum Gasteiger partial charge on any atom is 0.0435 e. The van der Waals surface area contributed by atoms with Gasteiger partial charge in [0.15, 0.2) is 0 Å². The van der Waals surface area contributed by atoms with Crippen molar-refractivity contribution in [2.45, 2.75) is 12.3 Å². The summed E-state index contributed by atoms with van der Waals surface area (Å²) in [6.07, 6.45) is 0. The summed E-state index contributed by atoms with van der Waals surface area (Å²) in [5.41, 5.74) is 13.9. The number of hydrogen-bond donors (Lipinski definition) is 0. The van der Waals surface area contributed by atoms with Gasteiger partial charge in [-0.05, 0) is 135 Å². The van der Waals surface area contributed by atoms with Crippen LogP contribution in [-0.4, -0.2) is 0 Å². The Balaban J connectivity index is 1.16. The van der Waals surface area contributed by atoms with Crippen molar-refractivity contribution in [3.05, 3.63) is 217 Å². The quantitative estimate of drug-likeness (QED) is 0.128. The van der Waals surface area contributed by atoms with E-state index in [2.05, 4.69) is 207 Å². The first-order valence-corrected chi connectivity index (χ1v) is 18.9. The molecule has 11 rings (SSSR count). The van der Waals surface area contributed by atoms with E-state index in [1.807, 2.05) is 0 Å². The molecule has 1 aliphatic carbocycles. The topological polar surface area (TPSA) is 0 Å². The molecule has 1 unspecified atom stereocenters. The Bertz CT molecular complexity index is 3100. The Labute approximate surface area is 315 Å². The van der Waals surface area contributed by atoms with E-state index < -0.39 is 0 Å². The zero-order valence-electron chi connectivity index (χ0n) is 30.1. The predicted octanol–water partition coefficient (Wildman–Crippen LogP) is 14.6. The van der Waals surface area contributed by atoms with Crippen molar-refractivity contribution in [2.24, 2.45) is 0 Å². The SMILES string of the molecule is CC1(c2ccccc2)c2cc(-c3cccc(-c4c5ccccc5c(-c5ccccc5)c5ccc6ccccc6c45)c3)ccc2-c2cc3ccccc3cc21. The first-order valence-electron chi connectivity index (χ1n) is 18.9. The Hall–Kier alpha value is -6.76. The minimum atomic E-state index is -0.290. The first kappa shape index (κ1) is 30.8. The van der Waals surface area contributed by atoms with Crippen molar-refractivity contribution in [3.8, 4) is 44.5 Å². The van der Waals surface area contributed by atoms with Gasteiger partial charge in [0.1, 0.15) is 0 Å². The van der Waals surface area contributed by atoms with Crippen LogP contribution in [0, 0.1) is 0 Å². The fourth-order valence-electron chi connectivity index (χ4n) is 9.49. The molecule has 1 aliphatic rings. The average molecular weight is 685 g/mol. The highest BCUT2D eigenvalue weighted by molar-refractivity contribution is 6.28. The molecule has 1 atom stereocenters. The Morgan fingerprint density at radius 2 is 0.889 bits per heavy atom. The van der Waals surface area contributed by atoms with Crippen LogP contribution in [0.1, 0.15) is 23.6 Å². The van der Waals surface area contributed by atoms with E-state index in [1.54, 1.807) is 0 Å². The van der Waals surface area contributed by atoms with Crippen LogP contribution < -0.4 is 0 Å². The zero-order chi connectivity index (χ0) is 35.8. The summed E-state index contributed by atoms with van der Waals surface area (Å²) in [7, 11) is 0. The van der Waals surface area contributed by atoms with Gasteiger partial charge in [0.25, 0.3) is 0 Å². The molecule has 0 radical (unpaired) electrons. The molecule has 0 heteroatoms. The van der Waals surface area contributed by atoms with Crippen LogP contribution in [-0.2, 0) is 5.41 Å². The molecule has 0 heterocycles. The molecule has 0 saturated heterocycles. The third kappa shape index (κ3) is 4.50. The number of rotatable bonds is 4. The molecule has 0 saturated carbocycles. The monoisotopic (exact) mass is 684 g/mol. The molecular weight excluding hydrogens is 649 g/mol. The molecule has 54 heavy (non-hydrogen) atoms. The van der Waals surface area contributed by atoms with E-state index >= 15 is 0 Å². The highest BCUT2D eigenvalue weighted by atomic mass is 14.4. The third-order valence-corrected chi connectivity index (χ3v) is 12.1. The van der Waals surface area contributed by atoms with Crippen LogP contribution in [0.25, 0.3) is 87.6 Å². The average Bonchev–Trinajstić information content (AvgIpc) is 3.49. The Morgan fingerprint density at radius 3 is 1.67 bits per heavy atom. The van der Waals surface area contributed by atoms with Gasteiger partial charge in [-0.1, -0.05) is 176 Å². The van der Waals surface area contributed by atoms with Gasteiger partial charge in [-0.2, -0.15) is 0 Å². The predicted molar refractivity (Wildman–Crippen MR) is 230 cm³/mol. The van der Waals surface area contributed by atoms with Gasteiger partial charge in [-0.3, -0.25) is 0 Å². The minimum absolute atomic E-state index is 0.290. The van der Waals surface area contributed by atoms with Crippen LogP contribution in [0.5, 0.6) is 0 Å². The number of hydrogen-bond acceptors (Lipinski definition) is 0. The molecule has 0 N–H and O–H groups in total. The van der Waals surface area contributed by atoms with Crippen molar-refractivity contribution >= 4 is 43.1 Å². The second kappa shape index (κ2) is 11.9. The van der Waals surface area contributed by atoms with E-state index in [0.717, 1.165) is 0 Å². The summed E-state index contributed by atoms with van der Waals surface area (Å²) < 4.78 is 0. The van der Waals surface area contributed by atoms with Crippen molar-refractivity contribution in [1.82, 2.24) is 0 Å². The molecule has 0 spiro atoms. The summed E-state index contributed by atoms with van der Waals surface area (Å²) >= 11 is 0. The summed E-state index contributed by atoms with van der Waals surface area (Å²) in [6.45, 7) is 2.42. The Morgan fingerprint density at radius 1 is 0.315 bits per heavy atom. The summed E-state index contributed by atoms with van der Waals surface area (Å²) in [5, 5.41) is 10.2. The highest BCUT2D eigenvalue weighted by Gasteiger charge is 2.41. The molecule has 0 aliphatic heterocycles. The fraction of sp³-hybridized carbons (Fsp3) is 0.0370. The smallest absolute Gasteiger partial charge is 0.0435 e. The van der Waals surface area contributed by atoms with E-state index in [9.17, 15) is 0 Å². The first-order chi connectivity index (χ1) is 26.7. The maximum absolute atomic E-state index is 2.47. The van der Waals surface area contributed by atoms with E-state index in [4.69, 9.17) is 0 Å². The Kier molecular flexibility index (Phi) is 6.78. The number of fused-ring (bicyclic) bond motifs is 8. The molecule has 0 aromatic heterocycles. The molecule has 0 fully saturated rings. The lowest BCUT2D eigenvalue weighted by Gasteiger charge is -2.29. The van der Waals surface area contributed by atoms with Crippen LogP contribution >= 0.6 is 0 Å². The molecule has 10 aromatic carbocycles. The van der Waals surface area contributed by atoms with Gasteiger partial charge >= 0.3 is 0 Å². The lowest BCUT2D eigenvalue weighted by molar-refractivity contribution is 0.715. The van der Waals surface area contributed by atoms with Crippen molar-refractivity contribution in [1.29, 1.82) is 0 Å². The third-order valence-electron chi connectivity index (χ3n) is 12.1. The molecule has 0 amide bonds.